The van der Waals surface area contributed by atoms with Gasteiger partial charge >= 0.3 is 0 Å². The van der Waals surface area contributed by atoms with E-state index in [0.717, 1.165) is 6.42 Å². The van der Waals surface area contributed by atoms with E-state index >= 15 is 0 Å². The van der Waals surface area contributed by atoms with Crippen molar-refractivity contribution in [2.75, 3.05) is 12.4 Å². The number of amides is 2. The topological polar surface area (TPSA) is 81.4 Å². The van der Waals surface area contributed by atoms with E-state index in [1.54, 1.807) is 30.3 Å². The quantitative estimate of drug-likeness (QED) is 0.788. The van der Waals surface area contributed by atoms with Crippen molar-refractivity contribution < 1.29 is 18.7 Å². The Hall–Kier alpha value is -2.54. The van der Waals surface area contributed by atoms with Gasteiger partial charge in [0.05, 0.1) is 24.0 Å². The van der Waals surface area contributed by atoms with Gasteiger partial charge < -0.3 is 15.8 Å². The molecule has 0 saturated heterocycles. The molecule has 3 rings (SSSR count). The van der Waals surface area contributed by atoms with Crippen LogP contribution in [0.15, 0.2) is 47.4 Å². The summed E-state index contributed by atoms with van der Waals surface area (Å²) in [5.41, 5.74) is 6.29. The lowest BCUT2D eigenvalue weighted by Crippen LogP contribution is -2.29. The van der Waals surface area contributed by atoms with Gasteiger partial charge in [-0.15, -0.1) is 11.8 Å². The average molecular weight is 374 g/mol. The van der Waals surface area contributed by atoms with E-state index in [2.05, 4.69) is 5.32 Å². The SMILES string of the molecule is NC(=O)CSc1ccccc1C(=O)NC1CCCOc2ccc(F)cc21. The number of hydrogen-bond acceptors (Lipinski definition) is 4. The predicted molar refractivity (Wildman–Crippen MR) is 97.7 cm³/mol. The number of nitrogens with one attached hydrogen (secondary N) is 1. The van der Waals surface area contributed by atoms with Gasteiger partial charge in [0, 0.05) is 10.5 Å². The molecule has 2 amide bonds. The summed E-state index contributed by atoms with van der Waals surface area (Å²) in [6.45, 7) is 0.524. The molecule has 26 heavy (non-hydrogen) atoms. The number of thioether (sulfide) groups is 1. The molecule has 1 aliphatic heterocycles. The summed E-state index contributed by atoms with van der Waals surface area (Å²) in [7, 11) is 0. The third-order valence-corrected chi connectivity index (χ3v) is 5.14. The molecule has 1 heterocycles. The highest BCUT2D eigenvalue weighted by Gasteiger charge is 2.23. The summed E-state index contributed by atoms with van der Waals surface area (Å²) in [4.78, 5) is 24.5. The number of benzene rings is 2. The standard InChI is InChI=1S/C19H19FN2O3S/c20-12-7-8-16-14(10-12)15(5-3-9-25-16)22-19(24)13-4-1-2-6-17(13)26-11-18(21)23/h1-2,4,6-8,10,15H,3,5,9,11H2,(H2,21,23)(H,22,24). The molecule has 7 heteroatoms. The minimum Gasteiger partial charge on any atom is -0.493 e. The average Bonchev–Trinajstić information content (AvgIpc) is 2.82. The van der Waals surface area contributed by atoms with Crippen molar-refractivity contribution >= 4 is 23.6 Å². The van der Waals surface area contributed by atoms with Gasteiger partial charge in [-0.05, 0) is 43.2 Å². The molecule has 5 nitrogen and oxygen atoms in total. The second kappa shape index (κ2) is 8.23. The van der Waals surface area contributed by atoms with Crippen LogP contribution < -0.4 is 15.8 Å². The number of carbonyl (C=O) groups excluding carboxylic acids is 2. The molecule has 0 saturated carbocycles. The Balaban J connectivity index is 1.82. The van der Waals surface area contributed by atoms with Crippen LogP contribution in [0.1, 0.15) is 34.8 Å². The van der Waals surface area contributed by atoms with Gasteiger partial charge in [-0.3, -0.25) is 9.59 Å². The Bertz CT molecular complexity index is 828. The first-order valence-electron chi connectivity index (χ1n) is 8.28. The number of ether oxygens (including phenoxy) is 1. The molecule has 0 fully saturated rings. The molecule has 2 aromatic carbocycles. The number of fused-ring (bicyclic) bond motifs is 1. The summed E-state index contributed by atoms with van der Waals surface area (Å²) in [5.74, 6) is -0.415. The molecule has 0 spiro atoms. The van der Waals surface area contributed by atoms with Gasteiger partial charge in [-0.2, -0.15) is 0 Å². The van der Waals surface area contributed by atoms with Crippen LogP contribution in [-0.4, -0.2) is 24.2 Å². The second-order valence-corrected chi connectivity index (χ2v) is 6.97. The largest absolute Gasteiger partial charge is 0.493 e. The summed E-state index contributed by atoms with van der Waals surface area (Å²) in [6.07, 6.45) is 1.40. The maximum Gasteiger partial charge on any atom is 0.252 e. The molecular formula is C19H19FN2O3S. The van der Waals surface area contributed by atoms with Crippen molar-refractivity contribution in [1.82, 2.24) is 5.32 Å². The van der Waals surface area contributed by atoms with Gasteiger partial charge in [0.1, 0.15) is 11.6 Å². The molecule has 0 bridgehead atoms. The van der Waals surface area contributed by atoms with Gasteiger partial charge in [-0.25, -0.2) is 4.39 Å². The van der Waals surface area contributed by atoms with Gasteiger partial charge in [0.15, 0.2) is 0 Å². The zero-order valence-electron chi connectivity index (χ0n) is 14.0. The van der Waals surface area contributed by atoms with Crippen LogP contribution >= 0.6 is 11.8 Å². The van der Waals surface area contributed by atoms with Gasteiger partial charge in [0.25, 0.3) is 5.91 Å². The Morgan fingerprint density at radius 3 is 2.88 bits per heavy atom. The molecule has 136 valence electrons. The summed E-state index contributed by atoms with van der Waals surface area (Å²) in [5, 5.41) is 2.97. The highest BCUT2D eigenvalue weighted by molar-refractivity contribution is 8.00. The molecule has 0 radical (unpaired) electrons. The maximum absolute atomic E-state index is 13.7. The van der Waals surface area contributed by atoms with Gasteiger partial charge in [-0.1, -0.05) is 12.1 Å². The van der Waals surface area contributed by atoms with Crippen LogP contribution in [0.5, 0.6) is 5.75 Å². The lowest BCUT2D eigenvalue weighted by atomic mass is 10.0. The molecule has 1 atom stereocenters. The first kappa shape index (κ1) is 18.3. The number of nitrogens with two attached hydrogens (primary N) is 1. The number of primary amides is 1. The normalized spacial score (nSPS) is 16.1. The monoisotopic (exact) mass is 374 g/mol. The maximum atomic E-state index is 13.7. The van der Waals surface area contributed by atoms with Crippen molar-refractivity contribution in [3.63, 3.8) is 0 Å². The van der Waals surface area contributed by atoms with E-state index in [1.807, 2.05) is 0 Å². The zero-order valence-corrected chi connectivity index (χ0v) is 14.9. The highest BCUT2D eigenvalue weighted by Crippen LogP contribution is 2.32. The van der Waals surface area contributed by atoms with Crippen LogP contribution in [0, 0.1) is 5.82 Å². The van der Waals surface area contributed by atoms with E-state index in [-0.39, 0.29) is 23.5 Å². The van der Waals surface area contributed by atoms with Crippen molar-refractivity contribution in [2.45, 2.75) is 23.8 Å². The third-order valence-electron chi connectivity index (χ3n) is 4.05. The van der Waals surface area contributed by atoms with Crippen LogP contribution in [0.25, 0.3) is 0 Å². The van der Waals surface area contributed by atoms with Crippen molar-refractivity contribution in [2.24, 2.45) is 5.73 Å². The molecular weight excluding hydrogens is 355 g/mol. The fourth-order valence-corrected chi connectivity index (χ4v) is 3.65. The minimum absolute atomic E-state index is 0.0929. The van der Waals surface area contributed by atoms with E-state index in [9.17, 15) is 14.0 Å². The van der Waals surface area contributed by atoms with Crippen LogP contribution in [-0.2, 0) is 4.79 Å². The number of rotatable bonds is 5. The lowest BCUT2D eigenvalue weighted by molar-refractivity contribution is -0.115. The highest BCUT2D eigenvalue weighted by atomic mass is 32.2. The van der Waals surface area contributed by atoms with E-state index in [0.29, 0.717) is 34.8 Å². The zero-order chi connectivity index (χ0) is 18.5. The molecule has 2 aromatic rings. The smallest absolute Gasteiger partial charge is 0.252 e. The van der Waals surface area contributed by atoms with Crippen molar-refractivity contribution in [3.05, 3.63) is 59.4 Å². The van der Waals surface area contributed by atoms with Crippen molar-refractivity contribution in [3.8, 4) is 5.75 Å². The first-order chi connectivity index (χ1) is 12.5. The van der Waals surface area contributed by atoms with E-state index < -0.39 is 5.91 Å². The number of hydrogen-bond donors (Lipinski definition) is 2. The molecule has 1 aliphatic rings. The predicted octanol–water partition coefficient (Wildman–Crippen LogP) is 3.05. The Morgan fingerprint density at radius 1 is 1.27 bits per heavy atom. The Labute approximate surface area is 155 Å². The van der Waals surface area contributed by atoms with Crippen LogP contribution in [0.4, 0.5) is 4.39 Å². The first-order valence-corrected chi connectivity index (χ1v) is 9.26. The molecule has 0 aliphatic carbocycles. The fourth-order valence-electron chi connectivity index (χ4n) is 2.86. The van der Waals surface area contributed by atoms with Gasteiger partial charge in [0.2, 0.25) is 5.91 Å². The Kier molecular flexibility index (Phi) is 5.78. The minimum atomic E-state index is -0.449. The van der Waals surface area contributed by atoms with E-state index in [4.69, 9.17) is 10.5 Å². The summed E-state index contributed by atoms with van der Waals surface area (Å²) >= 11 is 1.22. The third kappa shape index (κ3) is 4.35. The lowest BCUT2D eigenvalue weighted by Gasteiger charge is -2.19. The molecule has 0 aromatic heterocycles. The summed E-state index contributed by atoms with van der Waals surface area (Å²) < 4.78 is 19.3. The van der Waals surface area contributed by atoms with Crippen molar-refractivity contribution in [1.29, 1.82) is 0 Å². The fraction of sp³-hybridized carbons (Fsp3) is 0.263. The van der Waals surface area contributed by atoms with Crippen LogP contribution in [0.3, 0.4) is 0 Å². The molecule has 3 N–H and O–H groups in total. The van der Waals surface area contributed by atoms with Crippen LogP contribution in [0.2, 0.25) is 0 Å². The van der Waals surface area contributed by atoms with E-state index in [1.165, 1.54) is 23.9 Å². The second-order valence-electron chi connectivity index (χ2n) is 5.95. The number of carbonyl (C=O) groups is 2. The number of halogens is 1. The summed E-state index contributed by atoms with van der Waals surface area (Å²) in [6, 6.07) is 11.0. The Morgan fingerprint density at radius 2 is 2.08 bits per heavy atom. The molecule has 1 unspecified atom stereocenters.